The fourth-order valence-electron chi connectivity index (χ4n) is 2.40. The highest BCUT2D eigenvalue weighted by Crippen LogP contribution is 2.38. The number of anilines is 3. The number of rotatable bonds is 4. The Morgan fingerprint density at radius 2 is 2.21 bits per heavy atom. The molecule has 1 aliphatic heterocycles. The molecule has 122 valence electrons. The molecule has 3 heterocycles. The third-order valence-electron chi connectivity index (χ3n) is 3.49. The second-order valence-electron chi connectivity index (χ2n) is 5.28. The van der Waals surface area contributed by atoms with Crippen LogP contribution in [0.3, 0.4) is 0 Å². The van der Waals surface area contributed by atoms with Crippen LogP contribution in [-0.2, 0) is 0 Å². The highest BCUT2D eigenvalue weighted by atomic mass is 32.2. The predicted octanol–water partition coefficient (Wildman–Crippen LogP) is 2.98. The largest absolute Gasteiger partial charge is 0.439 e. The minimum Gasteiger partial charge on any atom is -0.439 e. The first-order chi connectivity index (χ1) is 11.8. The molecule has 4 N–H and O–H groups in total. The normalized spacial score (nSPS) is 18.5. The van der Waals surface area contributed by atoms with E-state index in [9.17, 15) is 0 Å². The summed E-state index contributed by atoms with van der Waals surface area (Å²) in [5, 5.41) is 7.47. The number of aromatic nitrogens is 3. The lowest BCUT2D eigenvalue weighted by atomic mass is 10.2. The maximum atomic E-state index is 5.81. The minimum absolute atomic E-state index is 0.0779. The van der Waals surface area contributed by atoms with Crippen molar-refractivity contribution in [1.29, 1.82) is 0 Å². The molecule has 1 atom stereocenters. The fourth-order valence-corrected chi connectivity index (χ4v) is 3.39. The van der Waals surface area contributed by atoms with Crippen LogP contribution < -0.4 is 21.1 Å². The quantitative estimate of drug-likeness (QED) is 0.781. The number of nitrogens with zero attached hydrogens (tertiary/aromatic N) is 3. The molecule has 8 heteroatoms. The van der Waals surface area contributed by atoms with Crippen molar-refractivity contribution in [3.05, 3.63) is 48.4 Å². The molecule has 2 aromatic rings. The van der Waals surface area contributed by atoms with Gasteiger partial charge in [0.05, 0.1) is 5.69 Å². The number of nitrogens with two attached hydrogens (primary N) is 1. The van der Waals surface area contributed by atoms with Gasteiger partial charge in [-0.3, -0.25) is 0 Å². The maximum absolute atomic E-state index is 5.81. The molecule has 2 aliphatic rings. The SMILES string of the molecule is Nc1nccc(NC2Nc3ccc(OC4=CCCC=C4)nc3S2)n1. The lowest BCUT2D eigenvalue weighted by Gasteiger charge is -2.12. The molecule has 0 saturated carbocycles. The van der Waals surface area contributed by atoms with Gasteiger partial charge in [-0.05, 0) is 37.1 Å². The van der Waals surface area contributed by atoms with E-state index in [2.05, 4.69) is 37.7 Å². The molecule has 0 spiro atoms. The van der Waals surface area contributed by atoms with Crippen LogP contribution in [0.25, 0.3) is 0 Å². The smallest absolute Gasteiger partial charge is 0.221 e. The van der Waals surface area contributed by atoms with Crippen molar-refractivity contribution in [1.82, 2.24) is 15.0 Å². The Morgan fingerprint density at radius 3 is 3.04 bits per heavy atom. The first kappa shape index (κ1) is 14.8. The van der Waals surface area contributed by atoms with Gasteiger partial charge < -0.3 is 21.1 Å². The van der Waals surface area contributed by atoms with E-state index in [1.165, 1.54) is 0 Å². The number of nitrogen functional groups attached to an aromatic ring is 1. The third kappa shape index (κ3) is 3.28. The van der Waals surface area contributed by atoms with Crippen molar-refractivity contribution in [3.8, 4) is 5.88 Å². The molecule has 0 radical (unpaired) electrons. The van der Waals surface area contributed by atoms with Crippen LogP contribution in [0.1, 0.15) is 12.8 Å². The first-order valence-electron chi connectivity index (χ1n) is 7.60. The van der Waals surface area contributed by atoms with Crippen molar-refractivity contribution >= 4 is 29.2 Å². The van der Waals surface area contributed by atoms with Gasteiger partial charge >= 0.3 is 0 Å². The molecular weight excluding hydrogens is 324 g/mol. The molecule has 4 rings (SSSR count). The Balaban J connectivity index is 1.44. The lowest BCUT2D eigenvalue weighted by Crippen LogP contribution is -2.21. The van der Waals surface area contributed by atoms with Crippen LogP contribution in [0.4, 0.5) is 17.5 Å². The fraction of sp³-hybridized carbons (Fsp3) is 0.188. The zero-order valence-electron chi connectivity index (χ0n) is 12.8. The molecule has 0 amide bonds. The topological polar surface area (TPSA) is 98.0 Å². The van der Waals surface area contributed by atoms with Crippen LogP contribution in [0.2, 0.25) is 0 Å². The van der Waals surface area contributed by atoms with Crippen molar-refractivity contribution in [2.45, 2.75) is 23.4 Å². The van der Waals surface area contributed by atoms with Gasteiger partial charge in [-0.25, -0.2) is 9.97 Å². The molecule has 0 saturated heterocycles. The second kappa shape index (κ2) is 6.40. The molecule has 0 aromatic carbocycles. The maximum Gasteiger partial charge on any atom is 0.221 e. The van der Waals surface area contributed by atoms with Gasteiger partial charge in [0.2, 0.25) is 11.8 Å². The van der Waals surface area contributed by atoms with Crippen LogP contribution in [-0.4, -0.2) is 20.4 Å². The number of allylic oxidation sites excluding steroid dienone is 3. The van der Waals surface area contributed by atoms with Gasteiger partial charge in [0, 0.05) is 12.3 Å². The summed E-state index contributed by atoms with van der Waals surface area (Å²) in [6, 6.07) is 5.60. The van der Waals surface area contributed by atoms with E-state index in [1.54, 1.807) is 24.0 Å². The Hall–Kier alpha value is -2.74. The lowest BCUT2D eigenvalue weighted by molar-refractivity contribution is 0.418. The summed E-state index contributed by atoms with van der Waals surface area (Å²) in [6.45, 7) is 0. The van der Waals surface area contributed by atoms with Crippen molar-refractivity contribution in [2.24, 2.45) is 0 Å². The molecule has 1 aliphatic carbocycles. The van der Waals surface area contributed by atoms with Gasteiger partial charge in [0.1, 0.15) is 16.6 Å². The number of fused-ring (bicyclic) bond motifs is 1. The average Bonchev–Trinajstić information content (AvgIpc) is 2.97. The van der Waals surface area contributed by atoms with E-state index < -0.39 is 0 Å². The second-order valence-corrected chi connectivity index (χ2v) is 6.37. The molecule has 24 heavy (non-hydrogen) atoms. The summed E-state index contributed by atoms with van der Waals surface area (Å²) >= 11 is 1.56. The Bertz CT molecular complexity index is 822. The molecular formula is C16H16N6OS. The first-order valence-corrected chi connectivity index (χ1v) is 8.48. The summed E-state index contributed by atoms with van der Waals surface area (Å²) in [6.07, 6.45) is 9.84. The van der Waals surface area contributed by atoms with Crippen molar-refractivity contribution < 1.29 is 4.74 Å². The molecule has 2 aromatic heterocycles. The van der Waals surface area contributed by atoms with Crippen LogP contribution >= 0.6 is 11.8 Å². The molecule has 0 bridgehead atoms. The highest BCUT2D eigenvalue weighted by Gasteiger charge is 2.23. The Kier molecular flexibility index (Phi) is 3.96. The van der Waals surface area contributed by atoms with E-state index in [-0.39, 0.29) is 11.4 Å². The van der Waals surface area contributed by atoms with E-state index >= 15 is 0 Å². The zero-order chi connectivity index (χ0) is 16.4. The van der Waals surface area contributed by atoms with Gasteiger partial charge in [0.15, 0.2) is 5.50 Å². The Labute approximate surface area is 143 Å². The van der Waals surface area contributed by atoms with E-state index in [0.717, 1.165) is 29.3 Å². The van der Waals surface area contributed by atoms with Crippen molar-refractivity contribution in [3.63, 3.8) is 0 Å². The van der Waals surface area contributed by atoms with Crippen LogP contribution in [0.15, 0.2) is 53.4 Å². The monoisotopic (exact) mass is 340 g/mol. The number of thioether (sulfide) groups is 1. The summed E-state index contributed by atoms with van der Waals surface area (Å²) in [5.74, 6) is 2.33. The number of ether oxygens (including phenoxy) is 1. The zero-order valence-corrected chi connectivity index (χ0v) is 13.6. The van der Waals surface area contributed by atoms with Gasteiger partial charge in [-0.1, -0.05) is 17.8 Å². The highest BCUT2D eigenvalue weighted by molar-refractivity contribution is 8.00. The number of hydrogen-bond donors (Lipinski definition) is 3. The summed E-state index contributed by atoms with van der Waals surface area (Å²) < 4.78 is 5.81. The van der Waals surface area contributed by atoms with Gasteiger partial charge in [-0.2, -0.15) is 4.98 Å². The standard InChI is InChI=1S/C16H16N6OS/c17-15-18-9-8-12(20-15)21-16-19-11-6-7-13(22-14(11)24-16)23-10-4-2-1-3-5-10/h2,4-9,16,19H,1,3H2,(H3,17,18,20,21). The molecule has 7 nitrogen and oxygen atoms in total. The van der Waals surface area contributed by atoms with E-state index in [0.29, 0.717) is 11.7 Å². The molecule has 1 unspecified atom stereocenters. The average molecular weight is 340 g/mol. The molecule has 0 fully saturated rings. The van der Waals surface area contributed by atoms with Crippen LogP contribution in [0.5, 0.6) is 5.88 Å². The number of hydrogen-bond acceptors (Lipinski definition) is 8. The Morgan fingerprint density at radius 1 is 1.25 bits per heavy atom. The van der Waals surface area contributed by atoms with Crippen molar-refractivity contribution in [2.75, 3.05) is 16.4 Å². The number of nitrogens with one attached hydrogen (secondary N) is 2. The summed E-state index contributed by atoms with van der Waals surface area (Å²) in [4.78, 5) is 12.6. The third-order valence-corrected chi connectivity index (χ3v) is 4.49. The minimum atomic E-state index is -0.0779. The van der Waals surface area contributed by atoms with E-state index in [4.69, 9.17) is 10.5 Å². The summed E-state index contributed by atoms with van der Waals surface area (Å²) in [5.41, 5.74) is 6.48. The van der Waals surface area contributed by atoms with E-state index in [1.807, 2.05) is 18.2 Å². The number of pyridine rings is 1. The van der Waals surface area contributed by atoms with Gasteiger partial charge in [-0.15, -0.1) is 0 Å². The summed E-state index contributed by atoms with van der Waals surface area (Å²) in [7, 11) is 0. The predicted molar refractivity (Wildman–Crippen MR) is 94.7 cm³/mol. The van der Waals surface area contributed by atoms with Gasteiger partial charge in [0.25, 0.3) is 0 Å². The van der Waals surface area contributed by atoms with Crippen LogP contribution in [0, 0.1) is 0 Å².